The molecule has 0 bridgehead atoms. The van der Waals surface area contributed by atoms with Crippen molar-refractivity contribution in [2.75, 3.05) is 0 Å². The monoisotopic (exact) mass is 273 g/mol. The number of fused-ring (bicyclic) bond motifs is 1. The van der Waals surface area contributed by atoms with Gasteiger partial charge in [-0.1, -0.05) is 12.1 Å². The number of carbonyl (C=O) groups excluding carboxylic acids is 1. The van der Waals surface area contributed by atoms with Crippen LogP contribution in [-0.4, -0.2) is 20.3 Å². The highest BCUT2D eigenvalue weighted by Gasteiger charge is 2.15. The number of nitrogens with zero attached hydrogens (tertiary/aromatic N) is 3. The lowest BCUT2D eigenvalue weighted by Gasteiger charge is -2.07. The third-order valence-corrected chi connectivity index (χ3v) is 3.69. The maximum absolute atomic E-state index is 12.4. The molecule has 3 aromatic rings. The lowest BCUT2D eigenvalue weighted by atomic mass is 10.2. The first-order valence-electron chi connectivity index (χ1n) is 5.77. The third-order valence-electron chi connectivity index (χ3n) is 2.93. The Hall–Kier alpha value is -2.21. The summed E-state index contributed by atoms with van der Waals surface area (Å²) in [6.07, 6.45) is 1.71. The Bertz CT molecular complexity index is 799. The summed E-state index contributed by atoms with van der Waals surface area (Å²) < 4.78 is 2.89. The van der Waals surface area contributed by atoms with E-state index in [0.29, 0.717) is 17.4 Å². The van der Waals surface area contributed by atoms with Crippen molar-refractivity contribution in [3.63, 3.8) is 0 Å². The Morgan fingerprint density at radius 3 is 2.84 bits per heavy atom. The third kappa shape index (κ3) is 1.90. The molecule has 2 aromatic heterocycles. The van der Waals surface area contributed by atoms with Crippen molar-refractivity contribution in [1.29, 1.82) is 0 Å². The van der Waals surface area contributed by atoms with Crippen LogP contribution in [0.1, 0.15) is 16.6 Å². The van der Waals surface area contributed by atoms with Crippen molar-refractivity contribution in [2.45, 2.75) is 13.5 Å². The zero-order chi connectivity index (χ0) is 13.4. The Labute approximate surface area is 112 Å². The summed E-state index contributed by atoms with van der Waals surface area (Å²) in [6, 6.07) is 7.13. The SMILES string of the molecule is CC(=O)n1c2ccccc2c(=O)n1Cc1cncs1. The quantitative estimate of drug-likeness (QED) is 0.717. The minimum absolute atomic E-state index is 0.154. The number of carbonyl (C=O) groups is 1. The summed E-state index contributed by atoms with van der Waals surface area (Å²) >= 11 is 1.46. The molecule has 1 aromatic carbocycles. The average molecular weight is 273 g/mol. The highest BCUT2D eigenvalue weighted by Crippen LogP contribution is 2.13. The summed E-state index contributed by atoms with van der Waals surface area (Å²) in [7, 11) is 0. The Balaban J connectivity index is 2.28. The van der Waals surface area contributed by atoms with E-state index in [9.17, 15) is 9.59 Å². The predicted octanol–water partition coefficient (Wildman–Crippen LogP) is 1.97. The molecule has 0 N–H and O–H groups in total. The average Bonchev–Trinajstić information content (AvgIpc) is 2.98. The van der Waals surface area contributed by atoms with E-state index in [2.05, 4.69) is 4.98 Å². The van der Waals surface area contributed by atoms with E-state index in [1.54, 1.807) is 29.9 Å². The Morgan fingerprint density at radius 1 is 1.37 bits per heavy atom. The van der Waals surface area contributed by atoms with E-state index in [4.69, 9.17) is 0 Å². The number of aromatic nitrogens is 3. The first kappa shape index (κ1) is 11.9. The van der Waals surface area contributed by atoms with Crippen LogP contribution in [0.25, 0.3) is 10.9 Å². The smallest absolute Gasteiger partial charge is 0.273 e. The van der Waals surface area contributed by atoms with E-state index in [1.807, 2.05) is 6.07 Å². The Kier molecular flexibility index (Phi) is 2.79. The van der Waals surface area contributed by atoms with Gasteiger partial charge < -0.3 is 0 Å². The molecule has 5 nitrogen and oxygen atoms in total. The van der Waals surface area contributed by atoms with Crippen LogP contribution in [0.4, 0.5) is 0 Å². The zero-order valence-electron chi connectivity index (χ0n) is 10.2. The highest BCUT2D eigenvalue weighted by molar-refractivity contribution is 7.09. The van der Waals surface area contributed by atoms with Gasteiger partial charge in [0.25, 0.3) is 5.56 Å². The van der Waals surface area contributed by atoms with Gasteiger partial charge in [0.1, 0.15) is 0 Å². The van der Waals surface area contributed by atoms with Crippen LogP contribution < -0.4 is 5.56 Å². The largest absolute Gasteiger partial charge is 0.275 e. The van der Waals surface area contributed by atoms with Crippen LogP contribution in [0.2, 0.25) is 0 Å². The molecule has 0 saturated heterocycles. The summed E-state index contributed by atoms with van der Waals surface area (Å²) in [4.78, 5) is 29.1. The van der Waals surface area contributed by atoms with Gasteiger partial charge in [-0.2, -0.15) is 0 Å². The highest BCUT2D eigenvalue weighted by atomic mass is 32.1. The molecule has 3 rings (SSSR count). The first-order chi connectivity index (χ1) is 9.18. The van der Waals surface area contributed by atoms with Gasteiger partial charge in [-0.25, -0.2) is 9.36 Å². The van der Waals surface area contributed by atoms with Crippen molar-refractivity contribution in [3.05, 3.63) is 51.2 Å². The fourth-order valence-electron chi connectivity index (χ4n) is 2.15. The normalized spacial score (nSPS) is 11.0. The van der Waals surface area contributed by atoms with Gasteiger partial charge in [0.15, 0.2) is 0 Å². The maximum Gasteiger partial charge on any atom is 0.275 e. The molecule has 0 unspecified atom stereocenters. The summed E-state index contributed by atoms with van der Waals surface area (Å²) in [6.45, 7) is 1.81. The number of thiazole rings is 1. The molecule has 0 radical (unpaired) electrons. The van der Waals surface area contributed by atoms with Crippen molar-refractivity contribution in [2.24, 2.45) is 0 Å². The topological polar surface area (TPSA) is 56.9 Å². The van der Waals surface area contributed by atoms with Gasteiger partial charge in [-0.05, 0) is 12.1 Å². The minimum atomic E-state index is -0.178. The molecule has 0 fully saturated rings. The van der Waals surface area contributed by atoms with E-state index in [0.717, 1.165) is 4.88 Å². The number of benzene rings is 1. The van der Waals surface area contributed by atoms with Crippen molar-refractivity contribution >= 4 is 28.1 Å². The van der Waals surface area contributed by atoms with Crippen molar-refractivity contribution < 1.29 is 4.79 Å². The molecule has 0 amide bonds. The fraction of sp³-hybridized carbons (Fsp3) is 0.154. The summed E-state index contributed by atoms with van der Waals surface area (Å²) in [5, 5.41) is 0.558. The van der Waals surface area contributed by atoms with Gasteiger partial charge in [-0.3, -0.25) is 14.6 Å². The molecule has 0 aliphatic carbocycles. The molecule has 6 heteroatoms. The minimum Gasteiger partial charge on any atom is -0.273 e. The van der Waals surface area contributed by atoms with Gasteiger partial charge in [0, 0.05) is 18.0 Å². The van der Waals surface area contributed by atoms with Crippen LogP contribution in [0.5, 0.6) is 0 Å². The van der Waals surface area contributed by atoms with E-state index in [-0.39, 0.29) is 11.5 Å². The van der Waals surface area contributed by atoms with Gasteiger partial charge in [0.05, 0.1) is 23.0 Å². The number of hydrogen-bond donors (Lipinski definition) is 0. The first-order valence-corrected chi connectivity index (χ1v) is 6.65. The standard InChI is InChI=1S/C13H11N3O2S/c1-9(17)16-12-5-3-2-4-11(12)13(18)15(16)7-10-6-14-8-19-10/h2-6,8H,7H2,1H3. The van der Waals surface area contributed by atoms with Crippen LogP contribution >= 0.6 is 11.3 Å². The lowest BCUT2D eigenvalue weighted by molar-refractivity contribution is 0.0910. The molecule has 2 heterocycles. The van der Waals surface area contributed by atoms with Crippen LogP contribution in [-0.2, 0) is 6.54 Å². The number of hydrogen-bond acceptors (Lipinski definition) is 4. The Morgan fingerprint density at radius 2 is 2.16 bits per heavy atom. The van der Waals surface area contributed by atoms with Gasteiger partial charge >= 0.3 is 0 Å². The zero-order valence-corrected chi connectivity index (χ0v) is 11.1. The van der Waals surface area contributed by atoms with E-state index in [1.165, 1.54) is 27.6 Å². The van der Waals surface area contributed by atoms with Gasteiger partial charge in [0.2, 0.25) is 5.91 Å². The molecule has 19 heavy (non-hydrogen) atoms. The van der Waals surface area contributed by atoms with E-state index < -0.39 is 0 Å². The second kappa shape index (κ2) is 4.47. The molecule has 0 aliphatic heterocycles. The van der Waals surface area contributed by atoms with Crippen LogP contribution in [0.3, 0.4) is 0 Å². The second-order valence-electron chi connectivity index (χ2n) is 4.18. The molecule has 0 aliphatic rings. The molecular weight excluding hydrogens is 262 g/mol. The molecular formula is C13H11N3O2S. The second-order valence-corrected chi connectivity index (χ2v) is 5.15. The maximum atomic E-state index is 12.4. The molecule has 0 atom stereocenters. The fourth-order valence-corrected chi connectivity index (χ4v) is 2.72. The number of rotatable bonds is 2. The van der Waals surface area contributed by atoms with Crippen LogP contribution in [0.15, 0.2) is 40.8 Å². The molecule has 0 spiro atoms. The summed E-state index contributed by atoms with van der Waals surface area (Å²) in [5.41, 5.74) is 2.20. The predicted molar refractivity (Wildman–Crippen MR) is 73.7 cm³/mol. The lowest BCUT2D eigenvalue weighted by Crippen LogP contribution is -2.26. The number of para-hydroxylation sites is 1. The van der Waals surface area contributed by atoms with Crippen LogP contribution in [0, 0.1) is 0 Å². The summed E-state index contributed by atoms with van der Waals surface area (Å²) in [5.74, 6) is -0.178. The molecule has 0 saturated carbocycles. The van der Waals surface area contributed by atoms with Gasteiger partial charge in [-0.15, -0.1) is 11.3 Å². The molecule has 96 valence electrons. The van der Waals surface area contributed by atoms with Crippen molar-refractivity contribution in [3.8, 4) is 0 Å². The van der Waals surface area contributed by atoms with E-state index >= 15 is 0 Å². The van der Waals surface area contributed by atoms with Crippen molar-refractivity contribution in [1.82, 2.24) is 14.3 Å².